The molecular weight excluding hydrogens is 221 g/mol. The maximum Gasteiger partial charge on any atom is 0.323 e. The molecule has 0 amide bonds. The maximum atomic E-state index is 13.4. The van der Waals surface area contributed by atoms with E-state index in [0.29, 0.717) is 6.54 Å². The Morgan fingerprint density at radius 3 is 2.82 bits per heavy atom. The Bertz CT molecular complexity index is 248. The van der Waals surface area contributed by atoms with Gasteiger partial charge in [0.2, 0.25) is 0 Å². The van der Waals surface area contributed by atoms with Gasteiger partial charge in [-0.05, 0) is 13.3 Å². The molecule has 1 heterocycles. The average molecular weight is 245 g/mol. The molecule has 0 spiro atoms. The van der Waals surface area contributed by atoms with Crippen molar-refractivity contribution in [3.05, 3.63) is 0 Å². The normalized spacial score (nSPS) is 27.1. The van der Waals surface area contributed by atoms with Crippen molar-refractivity contribution >= 4 is 5.97 Å². The first-order valence-corrected chi connectivity index (χ1v) is 6.57. The molecule has 17 heavy (non-hydrogen) atoms. The van der Waals surface area contributed by atoms with Gasteiger partial charge in [0, 0.05) is 19.0 Å². The molecular formula is C13H24FNO2. The zero-order chi connectivity index (χ0) is 12.8. The minimum atomic E-state index is -0.896. The molecule has 4 heteroatoms. The number of carbonyl (C=O) groups excluding carboxylic acids is 1. The standard InChI is InChI=1S/C13H24FNO2/c1-4-5-6-7-10(2)15-9-11(14)8-12(15)13(16)17-3/h10-12H,4-9H2,1-3H3/t10?,11-,12+/m1/s1. The van der Waals surface area contributed by atoms with E-state index in [-0.39, 0.29) is 24.5 Å². The third kappa shape index (κ3) is 3.95. The van der Waals surface area contributed by atoms with Gasteiger partial charge < -0.3 is 4.74 Å². The van der Waals surface area contributed by atoms with E-state index in [2.05, 4.69) is 13.8 Å². The summed E-state index contributed by atoms with van der Waals surface area (Å²) in [4.78, 5) is 13.5. The number of hydrogen-bond donors (Lipinski definition) is 0. The lowest BCUT2D eigenvalue weighted by Crippen LogP contribution is -2.42. The van der Waals surface area contributed by atoms with Crippen LogP contribution in [0.2, 0.25) is 0 Å². The number of carbonyl (C=O) groups is 1. The number of esters is 1. The van der Waals surface area contributed by atoms with Gasteiger partial charge in [-0.1, -0.05) is 26.2 Å². The summed E-state index contributed by atoms with van der Waals surface area (Å²) >= 11 is 0. The van der Waals surface area contributed by atoms with Gasteiger partial charge >= 0.3 is 5.97 Å². The van der Waals surface area contributed by atoms with Crippen molar-refractivity contribution in [1.82, 2.24) is 4.90 Å². The van der Waals surface area contributed by atoms with Crippen LogP contribution in [0.1, 0.15) is 46.0 Å². The van der Waals surface area contributed by atoms with Crippen LogP contribution in [0.3, 0.4) is 0 Å². The van der Waals surface area contributed by atoms with Gasteiger partial charge in [-0.2, -0.15) is 0 Å². The highest BCUT2D eigenvalue weighted by Gasteiger charge is 2.39. The Morgan fingerprint density at radius 2 is 2.24 bits per heavy atom. The first-order chi connectivity index (χ1) is 8.10. The molecule has 0 bridgehead atoms. The van der Waals surface area contributed by atoms with Gasteiger partial charge in [0.25, 0.3) is 0 Å². The highest BCUT2D eigenvalue weighted by atomic mass is 19.1. The summed E-state index contributed by atoms with van der Waals surface area (Å²) in [5.41, 5.74) is 0. The molecule has 0 aromatic heterocycles. The van der Waals surface area contributed by atoms with Gasteiger partial charge in [0.15, 0.2) is 0 Å². The quantitative estimate of drug-likeness (QED) is 0.532. The Kier molecular flexibility index (Phi) is 5.89. The molecule has 1 aliphatic heterocycles. The molecule has 1 fully saturated rings. The first-order valence-electron chi connectivity index (χ1n) is 6.57. The monoisotopic (exact) mass is 245 g/mol. The third-order valence-corrected chi connectivity index (χ3v) is 3.55. The highest BCUT2D eigenvalue weighted by molar-refractivity contribution is 5.76. The fraction of sp³-hybridized carbons (Fsp3) is 0.923. The molecule has 1 rings (SSSR count). The van der Waals surface area contributed by atoms with Crippen LogP contribution in [0.4, 0.5) is 4.39 Å². The van der Waals surface area contributed by atoms with Crippen molar-refractivity contribution in [2.24, 2.45) is 0 Å². The van der Waals surface area contributed by atoms with Crippen molar-refractivity contribution in [3.63, 3.8) is 0 Å². The van der Waals surface area contributed by atoms with Crippen molar-refractivity contribution in [2.45, 2.75) is 64.2 Å². The number of alkyl halides is 1. The lowest BCUT2D eigenvalue weighted by Gasteiger charge is -2.28. The second-order valence-electron chi connectivity index (χ2n) is 4.91. The van der Waals surface area contributed by atoms with Crippen LogP contribution in [-0.2, 0) is 9.53 Å². The fourth-order valence-corrected chi connectivity index (χ4v) is 2.52. The Labute approximate surface area is 103 Å². The molecule has 1 unspecified atom stereocenters. The molecule has 0 radical (unpaired) electrons. The topological polar surface area (TPSA) is 29.5 Å². The number of halogens is 1. The van der Waals surface area contributed by atoms with Crippen molar-refractivity contribution in [2.75, 3.05) is 13.7 Å². The van der Waals surface area contributed by atoms with Gasteiger partial charge in [0.1, 0.15) is 12.2 Å². The minimum Gasteiger partial charge on any atom is -0.468 e. The number of nitrogens with zero attached hydrogens (tertiary/aromatic N) is 1. The molecule has 100 valence electrons. The second-order valence-corrected chi connectivity index (χ2v) is 4.91. The lowest BCUT2D eigenvalue weighted by molar-refractivity contribution is -0.146. The van der Waals surface area contributed by atoms with Crippen LogP contribution < -0.4 is 0 Å². The number of likely N-dealkylation sites (tertiary alicyclic amines) is 1. The Morgan fingerprint density at radius 1 is 1.53 bits per heavy atom. The maximum absolute atomic E-state index is 13.4. The van der Waals surface area contributed by atoms with E-state index in [1.807, 2.05) is 4.90 Å². The average Bonchev–Trinajstić information content (AvgIpc) is 2.70. The highest BCUT2D eigenvalue weighted by Crippen LogP contribution is 2.25. The van der Waals surface area contributed by atoms with Crippen LogP contribution in [0.15, 0.2) is 0 Å². The zero-order valence-corrected chi connectivity index (χ0v) is 11.1. The summed E-state index contributed by atoms with van der Waals surface area (Å²) in [6.07, 6.45) is 3.92. The van der Waals surface area contributed by atoms with Crippen LogP contribution in [0.25, 0.3) is 0 Å². The van der Waals surface area contributed by atoms with E-state index < -0.39 is 6.17 Å². The summed E-state index contributed by atoms with van der Waals surface area (Å²) in [6, 6.07) is -0.127. The summed E-state index contributed by atoms with van der Waals surface area (Å²) in [5.74, 6) is -0.299. The SMILES string of the molecule is CCCCCC(C)N1C[C@H](F)C[C@H]1C(=O)OC. The predicted molar refractivity (Wildman–Crippen MR) is 65.6 cm³/mol. The van der Waals surface area contributed by atoms with Crippen LogP contribution >= 0.6 is 0 Å². The fourth-order valence-electron chi connectivity index (χ4n) is 2.52. The molecule has 0 saturated carbocycles. The number of methoxy groups -OCH3 is 1. The van der Waals surface area contributed by atoms with Crippen molar-refractivity contribution < 1.29 is 13.9 Å². The molecule has 0 aromatic carbocycles. The number of rotatable bonds is 6. The summed E-state index contributed by atoms with van der Waals surface area (Å²) in [7, 11) is 1.37. The van der Waals surface area contributed by atoms with Crippen LogP contribution in [0.5, 0.6) is 0 Å². The largest absolute Gasteiger partial charge is 0.468 e. The van der Waals surface area contributed by atoms with E-state index in [9.17, 15) is 9.18 Å². The van der Waals surface area contributed by atoms with Gasteiger partial charge in [-0.25, -0.2) is 4.39 Å². The zero-order valence-electron chi connectivity index (χ0n) is 11.1. The lowest BCUT2D eigenvalue weighted by atomic mass is 10.1. The van der Waals surface area contributed by atoms with E-state index in [4.69, 9.17) is 4.74 Å². The number of ether oxygens (including phenoxy) is 1. The second kappa shape index (κ2) is 6.94. The summed E-state index contributed by atoms with van der Waals surface area (Å²) in [5, 5.41) is 0. The van der Waals surface area contributed by atoms with Crippen molar-refractivity contribution in [3.8, 4) is 0 Å². The number of unbranched alkanes of at least 4 members (excludes halogenated alkanes) is 2. The number of hydrogen-bond acceptors (Lipinski definition) is 3. The van der Waals surface area contributed by atoms with Gasteiger partial charge in [-0.3, -0.25) is 9.69 Å². The van der Waals surface area contributed by atoms with Gasteiger partial charge in [-0.15, -0.1) is 0 Å². The predicted octanol–water partition coefficient (Wildman–Crippen LogP) is 2.54. The van der Waals surface area contributed by atoms with Gasteiger partial charge in [0.05, 0.1) is 7.11 Å². The Hall–Kier alpha value is -0.640. The van der Waals surface area contributed by atoms with E-state index in [1.54, 1.807) is 0 Å². The van der Waals surface area contributed by atoms with Crippen LogP contribution in [-0.4, -0.2) is 42.8 Å². The third-order valence-electron chi connectivity index (χ3n) is 3.55. The molecule has 1 saturated heterocycles. The molecule has 0 aromatic rings. The van der Waals surface area contributed by atoms with Crippen molar-refractivity contribution in [1.29, 1.82) is 0 Å². The molecule has 0 N–H and O–H groups in total. The summed E-state index contributed by atoms with van der Waals surface area (Å²) < 4.78 is 18.2. The molecule has 3 atom stereocenters. The molecule has 3 nitrogen and oxygen atoms in total. The Balaban J connectivity index is 2.51. The molecule has 0 aliphatic carbocycles. The first kappa shape index (κ1) is 14.4. The van der Waals surface area contributed by atoms with E-state index in [0.717, 1.165) is 12.8 Å². The van der Waals surface area contributed by atoms with E-state index in [1.165, 1.54) is 20.0 Å². The minimum absolute atomic E-state index is 0.256. The van der Waals surface area contributed by atoms with Crippen LogP contribution in [0, 0.1) is 0 Å². The summed E-state index contributed by atoms with van der Waals surface area (Å²) in [6.45, 7) is 4.60. The molecule has 1 aliphatic rings. The van der Waals surface area contributed by atoms with E-state index >= 15 is 0 Å². The smallest absolute Gasteiger partial charge is 0.323 e.